The monoisotopic (exact) mass is 236 g/mol. The van der Waals surface area contributed by atoms with Gasteiger partial charge in [-0.15, -0.1) is 0 Å². The summed E-state index contributed by atoms with van der Waals surface area (Å²) in [6.45, 7) is 5.45. The minimum Gasteiger partial charge on any atom is -0.330 e. The zero-order valence-electron chi connectivity index (χ0n) is 11.0. The molecule has 1 fully saturated rings. The van der Waals surface area contributed by atoms with E-state index in [9.17, 15) is 0 Å². The molecule has 4 heteroatoms. The maximum Gasteiger partial charge on any atom is 0.0522 e. The highest BCUT2D eigenvalue weighted by Gasteiger charge is 2.24. The number of rotatable bonds is 4. The maximum absolute atomic E-state index is 5.78. The molecule has 0 spiro atoms. The Hall–Kier alpha value is -0.870. The summed E-state index contributed by atoms with van der Waals surface area (Å²) in [5.74, 6) is 0.695. The molecule has 1 aliphatic heterocycles. The second kappa shape index (κ2) is 5.65. The van der Waals surface area contributed by atoms with Gasteiger partial charge in [-0.3, -0.25) is 4.68 Å². The molecule has 1 aromatic heterocycles. The number of aromatic nitrogens is 2. The van der Waals surface area contributed by atoms with E-state index in [0.29, 0.717) is 12.0 Å². The average molecular weight is 236 g/mol. The van der Waals surface area contributed by atoms with E-state index in [2.05, 4.69) is 23.1 Å². The molecular formula is C13H24N4. The predicted molar refractivity (Wildman–Crippen MR) is 69.7 cm³/mol. The standard InChI is InChI=1S/C13H24N4/c1-11-3-4-12(7-14)10-17(11)6-5-13-8-15-16(2)9-13/h8-9,11-12H,3-7,10,14H2,1-2H3. The van der Waals surface area contributed by atoms with Crippen LogP contribution < -0.4 is 5.73 Å². The molecule has 1 aliphatic rings. The molecule has 0 saturated carbocycles. The van der Waals surface area contributed by atoms with Gasteiger partial charge in [-0.1, -0.05) is 0 Å². The van der Waals surface area contributed by atoms with Crippen LogP contribution in [0.2, 0.25) is 0 Å². The van der Waals surface area contributed by atoms with E-state index < -0.39 is 0 Å². The van der Waals surface area contributed by atoms with Crippen LogP contribution in [0.5, 0.6) is 0 Å². The van der Waals surface area contributed by atoms with Gasteiger partial charge < -0.3 is 10.6 Å². The summed E-state index contributed by atoms with van der Waals surface area (Å²) in [6, 6.07) is 0.703. The van der Waals surface area contributed by atoms with Crippen LogP contribution in [0.25, 0.3) is 0 Å². The first kappa shape index (κ1) is 12.6. The van der Waals surface area contributed by atoms with Gasteiger partial charge in [0.1, 0.15) is 0 Å². The molecule has 1 saturated heterocycles. The van der Waals surface area contributed by atoms with Crippen LogP contribution >= 0.6 is 0 Å². The van der Waals surface area contributed by atoms with Gasteiger partial charge in [0, 0.05) is 32.4 Å². The zero-order chi connectivity index (χ0) is 12.3. The summed E-state index contributed by atoms with van der Waals surface area (Å²) in [5.41, 5.74) is 7.11. The highest BCUT2D eigenvalue weighted by atomic mass is 15.2. The van der Waals surface area contributed by atoms with Crippen molar-refractivity contribution in [3.05, 3.63) is 18.0 Å². The van der Waals surface area contributed by atoms with E-state index in [1.807, 2.05) is 17.9 Å². The lowest BCUT2D eigenvalue weighted by atomic mass is 9.93. The third-order valence-electron chi connectivity index (χ3n) is 3.89. The van der Waals surface area contributed by atoms with Gasteiger partial charge in [0.15, 0.2) is 0 Å². The first-order valence-electron chi connectivity index (χ1n) is 6.60. The van der Waals surface area contributed by atoms with Gasteiger partial charge in [-0.05, 0) is 44.2 Å². The minimum absolute atomic E-state index is 0.695. The van der Waals surface area contributed by atoms with E-state index >= 15 is 0 Å². The lowest BCUT2D eigenvalue weighted by molar-refractivity contribution is 0.122. The van der Waals surface area contributed by atoms with Crippen LogP contribution in [0.3, 0.4) is 0 Å². The Morgan fingerprint density at radius 3 is 2.94 bits per heavy atom. The van der Waals surface area contributed by atoms with E-state index in [-0.39, 0.29) is 0 Å². The van der Waals surface area contributed by atoms with Crippen molar-refractivity contribution < 1.29 is 0 Å². The Morgan fingerprint density at radius 2 is 2.29 bits per heavy atom. The van der Waals surface area contributed by atoms with Gasteiger partial charge in [0.2, 0.25) is 0 Å². The van der Waals surface area contributed by atoms with E-state index in [0.717, 1.165) is 26.1 Å². The van der Waals surface area contributed by atoms with Crippen molar-refractivity contribution in [3.8, 4) is 0 Å². The van der Waals surface area contributed by atoms with Crippen molar-refractivity contribution in [1.29, 1.82) is 0 Å². The first-order chi connectivity index (χ1) is 8.19. The summed E-state index contributed by atoms with van der Waals surface area (Å²) >= 11 is 0. The van der Waals surface area contributed by atoms with Crippen molar-refractivity contribution in [2.75, 3.05) is 19.6 Å². The molecule has 4 nitrogen and oxygen atoms in total. The number of nitrogens with zero attached hydrogens (tertiary/aromatic N) is 3. The maximum atomic E-state index is 5.78. The van der Waals surface area contributed by atoms with Crippen molar-refractivity contribution >= 4 is 0 Å². The molecule has 0 radical (unpaired) electrons. The lowest BCUT2D eigenvalue weighted by Crippen LogP contribution is -2.44. The Kier molecular flexibility index (Phi) is 4.18. The molecule has 0 amide bonds. The average Bonchev–Trinajstić information content (AvgIpc) is 2.74. The summed E-state index contributed by atoms with van der Waals surface area (Å²) in [6.07, 6.45) is 7.75. The third kappa shape index (κ3) is 3.30. The fourth-order valence-corrected chi connectivity index (χ4v) is 2.64. The van der Waals surface area contributed by atoms with Crippen LogP contribution in [0.1, 0.15) is 25.3 Å². The summed E-state index contributed by atoms with van der Waals surface area (Å²) in [7, 11) is 1.97. The van der Waals surface area contributed by atoms with Crippen molar-refractivity contribution in [1.82, 2.24) is 14.7 Å². The molecule has 17 heavy (non-hydrogen) atoms. The van der Waals surface area contributed by atoms with Crippen LogP contribution in [0.4, 0.5) is 0 Å². The number of aryl methyl sites for hydroxylation is 1. The van der Waals surface area contributed by atoms with Crippen LogP contribution in [0, 0.1) is 5.92 Å². The topological polar surface area (TPSA) is 47.1 Å². The highest BCUT2D eigenvalue weighted by molar-refractivity contribution is 5.04. The van der Waals surface area contributed by atoms with Gasteiger partial charge in [-0.2, -0.15) is 5.10 Å². The zero-order valence-corrected chi connectivity index (χ0v) is 11.0. The first-order valence-corrected chi connectivity index (χ1v) is 6.60. The second-order valence-corrected chi connectivity index (χ2v) is 5.30. The molecule has 0 bridgehead atoms. The van der Waals surface area contributed by atoms with E-state index in [4.69, 9.17) is 5.73 Å². The molecule has 1 aromatic rings. The predicted octanol–water partition coefficient (Wildman–Crippen LogP) is 1.02. The van der Waals surface area contributed by atoms with Crippen LogP contribution in [-0.4, -0.2) is 40.4 Å². The number of likely N-dealkylation sites (tertiary alicyclic amines) is 1. The Balaban J connectivity index is 1.84. The smallest absolute Gasteiger partial charge is 0.0522 e. The Labute approximate surface area is 104 Å². The summed E-state index contributed by atoms with van der Waals surface area (Å²) < 4.78 is 1.87. The Morgan fingerprint density at radius 1 is 1.47 bits per heavy atom. The normalized spacial score (nSPS) is 26.3. The van der Waals surface area contributed by atoms with Crippen molar-refractivity contribution in [2.45, 2.75) is 32.2 Å². The molecule has 2 rings (SSSR count). The van der Waals surface area contributed by atoms with E-state index in [1.165, 1.54) is 18.4 Å². The molecule has 0 aromatic carbocycles. The minimum atomic E-state index is 0.695. The number of piperidine rings is 1. The summed E-state index contributed by atoms with van der Waals surface area (Å²) in [4.78, 5) is 2.58. The number of nitrogens with two attached hydrogens (primary N) is 1. The molecule has 2 unspecified atom stereocenters. The lowest BCUT2D eigenvalue weighted by Gasteiger charge is -2.37. The molecule has 0 aliphatic carbocycles. The number of hydrogen-bond donors (Lipinski definition) is 1. The summed E-state index contributed by atoms with van der Waals surface area (Å²) in [5, 5.41) is 4.21. The van der Waals surface area contributed by atoms with E-state index in [1.54, 1.807) is 0 Å². The molecule has 2 N–H and O–H groups in total. The molecule has 2 heterocycles. The number of hydrogen-bond acceptors (Lipinski definition) is 3. The van der Waals surface area contributed by atoms with Crippen molar-refractivity contribution in [2.24, 2.45) is 18.7 Å². The molecule has 2 atom stereocenters. The van der Waals surface area contributed by atoms with Gasteiger partial charge in [0.25, 0.3) is 0 Å². The van der Waals surface area contributed by atoms with Gasteiger partial charge in [0.05, 0.1) is 6.20 Å². The van der Waals surface area contributed by atoms with Crippen LogP contribution in [0.15, 0.2) is 12.4 Å². The largest absolute Gasteiger partial charge is 0.330 e. The van der Waals surface area contributed by atoms with Crippen molar-refractivity contribution in [3.63, 3.8) is 0 Å². The van der Waals surface area contributed by atoms with Gasteiger partial charge >= 0.3 is 0 Å². The molecule has 96 valence electrons. The Bertz CT molecular complexity index is 347. The third-order valence-corrected chi connectivity index (χ3v) is 3.89. The highest BCUT2D eigenvalue weighted by Crippen LogP contribution is 2.21. The SMILES string of the molecule is CC1CCC(CN)CN1CCc1cnn(C)c1. The fraction of sp³-hybridized carbons (Fsp3) is 0.769. The molecular weight excluding hydrogens is 212 g/mol. The fourth-order valence-electron chi connectivity index (χ4n) is 2.64. The van der Waals surface area contributed by atoms with Crippen LogP contribution in [-0.2, 0) is 13.5 Å². The van der Waals surface area contributed by atoms with Gasteiger partial charge in [-0.25, -0.2) is 0 Å². The second-order valence-electron chi connectivity index (χ2n) is 5.30. The quantitative estimate of drug-likeness (QED) is 0.849.